The van der Waals surface area contributed by atoms with Crippen LogP contribution in [0.25, 0.3) is 0 Å². The lowest BCUT2D eigenvalue weighted by Gasteiger charge is -2.21. The molecular formula is C16H20N4O2S. The highest BCUT2D eigenvalue weighted by Gasteiger charge is 2.24. The third kappa shape index (κ3) is 4.61. The minimum absolute atomic E-state index is 0.156. The van der Waals surface area contributed by atoms with Gasteiger partial charge in [-0.05, 0) is 5.56 Å². The molecule has 1 unspecified atom stereocenters. The van der Waals surface area contributed by atoms with Gasteiger partial charge in [0.05, 0.1) is 0 Å². The molecule has 0 saturated carbocycles. The van der Waals surface area contributed by atoms with Crippen molar-refractivity contribution in [2.75, 3.05) is 14.1 Å². The maximum Gasteiger partial charge on any atom is 0.271 e. The molecule has 0 fully saturated rings. The summed E-state index contributed by atoms with van der Waals surface area (Å²) in [7, 11) is 3.34. The van der Waals surface area contributed by atoms with Crippen LogP contribution >= 0.6 is 11.3 Å². The second-order valence-corrected chi connectivity index (χ2v) is 6.22. The van der Waals surface area contributed by atoms with Crippen LogP contribution < -0.4 is 11.1 Å². The summed E-state index contributed by atoms with van der Waals surface area (Å²) in [6.45, 7) is 0.294. The zero-order valence-corrected chi connectivity index (χ0v) is 14.0. The molecule has 0 aliphatic carbocycles. The van der Waals surface area contributed by atoms with Crippen molar-refractivity contribution in [1.82, 2.24) is 15.2 Å². The summed E-state index contributed by atoms with van der Waals surface area (Å²) in [5, 5.41) is 5.11. The van der Waals surface area contributed by atoms with Crippen LogP contribution in [0.1, 0.15) is 21.1 Å². The molecule has 7 heteroatoms. The number of hydrogen-bond donors (Lipinski definition) is 2. The van der Waals surface area contributed by atoms with Gasteiger partial charge in [0.25, 0.3) is 5.91 Å². The Morgan fingerprint density at radius 1 is 1.30 bits per heavy atom. The summed E-state index contributed by atoms with van der Waals surface area (Å²) in [5.74, 6) is -0.520. The average molecular weight is 332 g/mol. The molecule has 1 aromatic carbocycles. The SMILES string of the molecule is CN(C)C(=O)C(Cc1ccccc1)NC(=O)c1csc(CN)n1. The molecule has 23 heavy (non-hydrogen) atoms. The molecule has 1 atom stereocenters. The lowest BCUT2D eigenvalue weighted by Crippen LogP contribution is -2.47. The predicted octanol–water partition coefficient (Wildman–Crippen LogP) is 1.03. The van der Waals surface area contributed by atoms with Gasteiger partial charge in [0.2, 0.25) is 5.91 Å². The van der Waals surface area contributed by atoms with Gasteiger partial charge in [-0.2, -0.15) is 0 Å². The van der Waals surface area contributed by atoms with Crippen molar-refractivity contribution in [1.29, 1.82) is 0 Å². The largest absolute Gasteiger partial charge is 0.347 e. The van der Waals surface area contributed by atoms with Gasteiger partial charge in [-0.1, -0.05) is 30.3 Å². The highest BCUT2D eigenvalue weighted by Crippen LogP contribution is 2.10. The summed E-state index contributed by atoms with van der Waals surface area (Å²) in [6.07, 6.45) is 0.428. The van der Waals surface area contributed by atoms with Crippen molar-refractivity contribution < 1.29 is 9.59 Å². The van der Waals surface area contributed by atoms with Crippen LogP contribution in [-0.4, -0.2) is 41.8 Å². The smallest absolute Gasteiger partial charge is 0.271 e. The van der Waals surface area contributed by atoms with E-state index in [1.807, 2.05) is 30.3 Å². The van der Waals surface area contributed by atoms with E-state index in [0.717, 1.165) is 5.56 Å². The number of hydrogen-bond acceptors (Lipinski definition) is 5. The van der Waals surface area contributed by atoms with E-state index in [9.17, 15) is 9.59 Å². The molecule has 2 aromatic rings. The first kappa shape index (κ1) is 17.1. The zero-order chi connectivity index (χ0) is 16.8. The third-order valence-electron chi connectivity index (χ3n) is 3.29. The van der Waals surface area contributed by atoms with E-state index < -0.39 is 6.04 Å². The standard InChI is InChI=1S/C16H20N4O2S/c1-20(2)16(22)12(8-11-6-4-3-5-7-11)19-15(21)13-10-23-14(9-17)18-13/h3-7,10,12H,8-9,17H2,1-2H3,(H,19,21). The Hall–Kier alpha value is -2.25. The number of benzene rings is 1. The van der Waals surface area contributed by atoms with Gasteiger partial charge >= 0.3 is 0 Å². The second-order valence-electron chi connectivity index (χ2n) is 5.28. The van der Waals surface area contributed by atoms with Crippen LogP contribution in [-0.2, 0) is 17.8 Å². The minimum Gasteiger partial charge on any atom is -0.347 e. The van der Waals surface area contributed by atoms with E-state index >= 15 is 0 Å². The molecule has 0 spiro atoms. The fraction of sp³-hybridized carbons (Fsp3) is 0.312. The van der Waals surface area contributed by atoms with Crippen molar-refractivity contribution >= 4 is 23.2 Å². The number of rotatable bonds is 6. The van der Waals surface area contributed by atoms with E-state index in [0.29, 0.717) is 23.7 Å². The first-order valence-electron chi connectivity index (χ1n) is 7.21. The first-order valence-corrected chi connectivity index (χ1v) is 8.09. The zero-order valence-electron chi connectivity index (χ0n) is 13.2. The number of aromatic nitrogens is 1. The predicted molar refractivity (Wildman–Crippen MR) is 90.1 cm³/mol. The number of carbonyl (C=O) groups excluding carboxylic acids is 2. The maximum atomic E-state index is 12.3. The van der Waals surface area contributed by atoms with Gasteiger partial charge in [0, 0.05) is 32.4 Å². The first-order chi connectivity index (χ1) is 11.0. The molecule has 1 heterocycles. The Kier molecular flexibility index (Phi) is 5.84. The van der Waals surface area contributed by atoms with Crippen LogP contribution in [0, 0.1) is 0 Å². The Labute approximate surface area is 139 Å². The van der Waals surface area contributed by atoms with Crippen LogP contribution in [0.5, 0.6) is 0 Å². The van der Waals surface area contributed by atoms with Crippen molar-refractivity contribution in [2.45, 2.75) is 19.0 Å². The molecule has 0 radical (unpaired) electrons. The number of carbonyl (C=O) groups is 2. The van der Waals surface area contributed by atoms with Gasteiger partial charge in [0.1, 0.15) is 16.7 Å². The van der Waals surface area contributed by atoms with Gasteiger partial charge in [-0.15, -0.1) is 11.3 Å². The Morgan fingerprint density at radius 2 is 2.00 bits per heavy atom. The molecule has 2 rings (SSSR count). The van der Waals surface area contributed by atoms with E-state index in [4.69, 9.17) is 5.73 Å². The molecule has 3 N–H and O–H groups in total. The molecule has 0 aliphatic heterocycles. The topological polar surface area (TPSA) is 88.3 Å². The van der Waals surface area contributed by atoms with E-state index in [1.165, 1.54) is 16.2 Å². The van der Waals surface area contributed by atoms with E-state index in [1.54, 1.807) is 19.5 Å². The molecule has 6 nitrogen and oxygen atoms in total. The molecular weight excluding hydrogens is 312 g/mol. The molecule has 0 aliphatic rings. The summed E-state index contributed by atoms with van der Waals surface area (Å²) in [6, 6.07) is 8.94. The van der Waals surface area contributed by atoms with Gasteiger partial charge < -0.3 is 16.0 Å². The van der Waals surface area contributed by atoms with Crippen molar-refractivity contribution in [3.63, 3.8) is 0 Å². The molecule has 0 saturated heterocycles. The minimum atomic E-state index is -0.636. The Balaban J connectivity index is 2.13. The number of thiazole rings is 1. The number of likely N-dealkylation sites (N-methyl/N-ethyl adjacent to an activating group) is 1. The lowest BCUT2D eigenvalue weighted by molar-refractivity contribution is -0.130. The quantitative estimate of drug-likeness (QED) is 0.827. The van der Waals surface area contributed by atoms with E-state index in [-0.39, 0.29) is 11.8 Å². The summed E-state index contributed by atoms with van der Waals surface area (Å²) in [4.78, 5) is 30.3. The van der Waals surface area contributed by atoms with E-state index in [2.05, 4.69) is 10.3 Å². The molecule has 122 valence electrons. The highest BCUT2D eigenvalue weighted by atomic mass is 32.1. The average Bonchev–Trinajstić information content (AvgIpc) is 3.03. The number of nitrogens with one attached hydrogen (secondary N) is 1. The second kappa shape index (κ2) is 7.85. The molecule has 0 bridgehead atoms. The fourth-order valence-electron chi connectivity index (χ4n) is 2.10. The van der Waals surface area contributed by atoms with Gasteiger partial charge in [-0.25, -0.2) is 4.98 Å². The number of nitrogens with zero attached hydrogens (tertiary/aromatic N) is 2. The molecule has 1 aromatic heterocycles. The fourth-order valence-corrected chi connectivity index (χ4v) is 2.76. The number of nitrogens with two attached hydrogens (primary N) is 1. The van der Waals surface area contributed by atoms with Crippen LogP contribution in [0.15, 0.2) is 35.7 Å². The maximum absolute atomic E-state index is 12.3. The third-order valence-corrected chi connectivity index (χ3v) is 4.16. The van der Waals surface area contributed by atoms with Crippen molar-refractivity contribution in [3.8, 4) is 0 Å². The molecule has 2 amide bonds. The van der Waals surface area contributed by atoms with Gasteiger partial charge in [-0.3, -0.25) is 9.59 Å². The van der Waals surface area contributed by atoms with Crippen molar-refractivity contribution in [2.24, 2.45) is 5.73 Å². The van der Waals surface area contributed by atoms with Crippen LogP contribution in [0.3, 0.4) is 0 Å². The van der Waals surface area contributed by atoms with Crippen LogP contribution in [0.2, 0.25) is 0 Å². The Morgan fingerprint density at radius 3 is 2.57 bits per heavy atom. The number of amides is 2. The summed E-state index contributed by atoms with van der Waals surface area (Å²) >= 11 is 1.33. The lowest BCUT2D eigenvalue weighted by atomic mass is 10.0. The van der Waals surface area contributed by atoms with Crippen molar-refractivity contribution in [3.05, 3.63) is 52.0 Å². The van der Waals surface area contributed by atoms with Crippen LogP contribution in [0.4, 0.5) is 0 Å². The highest BCUT2D eigenvalue weighted by molar-refractivity contribution is 7.09. The summed E-state index contributed by atoms with van der Waals surface area (Å²) in [5.41, 5.74) is 6.78. The summed E-state index contributed by atoms with van der Waals surface area (Å²) < 4.78 is 0. The van der Waals surface area contributed by atoms with Gasteiger partial charge in [0.15, 0.2) is 0 Å². The Bertz CT molecular complexity index is 670. The normalized spacial score (nSPS) is 11.8. The monoisotopic (exact) mass is 332 g/mol.